The van der Waals surface area contributed by atoms with Gasteiger partial charge >= 0.3 is 0 Å². The quantitative estimate of drug-likeness (QED) is 0.218. The van der Waals surface area contributed by atoms with Gasteiger partial charge in [0.1, 0.15) is 0 Å². The maximum atomic E-state index is 5.57. The predicted molar refractivity (Wildman–Crippen MR) is 115 cm³/mol. The van der Waals surface area contributed by atoms with E-state index in [0.717, 1.165) is 57.6 Å². The van der Waals surface area contributed by atoms with Crippen LogP contribution in [-0.2, 0) is 4.74 Å². The minimum absolute atomic E-state index is 0. The van der Waals surface area contributed by atoms with Crippen LogP contribution in [0, 0.1) is 5.92 Å². The molecule has 0 bridgehead atoms. The van der Waals surface area contributed by atoms with E-state index in [9.17, 15) is 0 Å². The van der Waals surface area contributed by atoms with Crippen LogP contribution in [0.3, 0.4) is 0 Å². The fourth-order valence-corrected chi connectivity index (χ4v) is 2.79. The molecule has 1 heterocycles. The Morgan fingerprint density at radius 1 is 1.12 bits per heavy atom. The highest BCUT2D eigenvalue weighted by Gasteiger charge is 2.16. The van der Waals surface area contributed by atoms with Gasteiger partial charge in [-0.1, -0.05) is 13.3 Å². The summed E-state index contributed by atoms with van der Waals surface area (Å²) in [4.78, 5) is 7.06. The average molecular weight is 454 g/mol. The molecule has 0 aliphatic carbocycles. The van der Waals surface area contributed by atoms with Crippen LogP contribution >= 0.6 is 24.0 Å². The first-order chi connectivity index (χ1) is 11.3. The molecule has 1 saturated heterocycles. The summed E-state index contributed by atoms with van der Waals surface area (Å²) >= 11 is 0. The molecule has 0 atom stereocenters. The Balaban J connectivity index is 0.00000529. The molecule has 0 spiro atoms. The van der Waals surface area contributed by atoms with Crippen molar-refractivity contribution >= 4 is 29.9 Å². The standard InChI is InChI=1S/C18H38N4O.HI/c1-4-6-15-23-16-7-11-20-18(19-5-2)21-12-8-17-9-13-22(3)14-10-17;/h17H,4-16H2,1-3H3,(H2,19,20,21);1H. The van der Waals surface area contributed by atoms with Crippen molar-refractivity contribution in [3.8, 4) is 0 Å². The zero-order chi connectivity index (χ0) is 16.8. The van der Waals surface area contributed by atoms with E-state index in [-0.39, 0.29) is 24.0 Å². The summed E-state index contributed by atoms with van der Waals surface area (Å²) in [6.45, 7) is 11.3. The normalized spacial score (nSPS) is 16.7. The van der Waals surface area contributed by atoms with Crippen molar-refractivity contribution in [2.45, 2.75) is 52.4 Å². The molecule has 1 aliphatic heterocycles. The zero-order valence-electron chi connectivity index (χ0n) is 16.0. The Hall–Kier alpha value is -0.0800. The fourth-order valence-electron chi connectivity index (χ4n) is 2.79. The number of ether oxygens (including phenoxy) is 1. The Bertz CT molecular complexity index is 307. The van der Waals surface area contributed by atoms with Gasteiger partial charge in [-0.2, -0.15) is 0 Å². The van der Waals surface area contributed by atoms with Gasteiger partial charge in [0.25, 0.3) is 0 Å². The van der Waals surface area contributed by atoms with Gasteiger partial charge in [-0.15, -0.1) is 24.0 Å². The lowest BCUT2D eigenvalue weighted by atomic mass is 9.94. The van der Waals surface area contributed by atoms with E-state index in [1.807, 2.05) is 0 Å². The lowest BCUT2D eigenvalue weighted by molar-refractivity contribution is 0.130. The summed E-state index contributed by atoms with van der Waals surface area (Å²) in [5.41, 5.74) is 0. The molecular weight excluding hydrogens is 415 g/mol. The molecule has 0 aromatic rings. The SMILES string of the molecule is CCCCOCCCN=C(NCC)NCCC1CCN(C)CC1.I. The van der Waals surface area contributed by atoms with Gasteiger partial charge in [-0.3, -0.25) is 4.99 Å². The largest absolute Gasteiger partial charge is 0.381 e. The van der Waals surface area contributed by atoms with Crippen LogP contribution in [0.1, 0.15) is 52.4 Å². The molecule has 24 heavy (non-hydrogen) atoms. The molecule has 2 N–H and O–H groups in total. The van der Waals surface area contributed by atoms with Gasteiger partial charge in [-0.05, 0) is 65.1 Å². The number of unbranched alkanes of at least 4 members (excludes halogenated alkanes) is 1. The van der Waals surface area contributed by atoms with Gasteiger partial charge in [0.2, 0.25) is 0 Å². The lowest BCUT2D eigenvalue weighted by Crippen LogP contribution is -2.39. The van der Waals surface area contributed by atoms with Crippen LogP contribution in [0.25, 0.3) is 0 Å². The van der Waals surface area contributed by atoms with Crippen molar-refractivity contribution in [2.75, 3.05) is 53.0 Å². The summed E-state index contributed by atoms with van der Waals surface area (Å²) in [5, 5.41) is 6.80. The summed E-state index contributed by atoms with van der Waals surface area (Å²) < 4.78 is 5.57. The number of hydrogen-bond donors (Lipinski definition) is 2. The van der Waals surface area contributed by atoms with Crippen molar-refractivity contribution < 1.29 is 4.74 Å². The van der Waals surface area contributed by atoms with E-state index in [1.165, 1.54) is 38.8 Å². The molecule has 0 saturated carbocycles. The smallest absolute Gasteiger partial charge is 0.191 e. The Morgan fingerprint density at radius 2 is 1.83 bits per heavy atom. The monoisotopic (exact) mass is 454 g/mol. The number of rotatable bonds is 11. The molecule has 5 nitrogen and oxygen atoms in total. The van der Waals surface area contributed by atoms with E-state index >= 15 is 0 Å². The second kappa shape index (κ2) is 16.4. The molecular formula is C18H39IN4O. The predicted octanol–water partition coefficient (Wildman–Crippen LogP) is 3.10. The number of guanidine groups is 1. The highest BCUT2D eigenvalue weighted by Crippen LogP contribution is 2.18. The van der Waals surface area contributed by atoms with Crippen LogP contribution in [-0.4, -0.2) is 63.8 Å². The van der Waals surface area contributed by atoms with Gasteiger partial charge in [0, 0.05) is 32.8 Å². The van der Waals surface area contributed by atoms with E-state index in [0.29, 0.717) is 0 Å². The van der Waals surface area contributed by atoms with E-state index in [1.54, 1.807) is 0 Å². The number of nitrogens with zero attached hydrogens (tertiary/aromatic N) is 2. The number of nitrogens with one attached hydrogen (secondary N) is 2. The van der Waals surface area contributed by atoms with Crippen molar-refractivity contribution in [2.24, 2.45) is 10.9 Å². The fraction of sp³-hybridized carbons (Fsp3) is 0.944. The third kappa shape index (κ3) is 12.3. The Morgan fingerprint density at radius 3 is 2.50 bits per heavy atom. The summed E-state index contributed by atoms with van der Waals surface area (Å²) in [6, 6.07) is 0. The summed E-state index contributed by atoms with van der Waals surface area (Å²) in [6.07, 6.45) is 7.27. The van der Waals surface area contributed by atoms with E-state index < -0.39 is 0 Å². The first-order valence-corrected chi connectivity index (χ1v) is 9.54. The summed E-state index contributed by atoms with van der Waals surface area (Å²) in [7, 11) is 2.22. The van der Waals surface area contributed by atoms with Crippen molar-refractivity contribution in [3.05, 3.63) is 0 Å². The number of piperidine rings is 1. The molecule has 0 amide bonds. The molecule has 1 aliphatic rings. The minimum atomic E-state index is 0. The number of hydrogen-bond acceptors (Lipinski definition) is 3. The molecule has 0 radical (unpaired) electrons. The van der Waals surface area contributed by atoms with Crippen molar-refractivity contribution in [3.63, 3.8) is 0 Å². The highest BCUT2D eigenvalue weighted by atomic mass is 127. The maximum Gasteiger partial charge on any atom is 0.191 e. The van der Waals surface area contributed by atoms with Gasteiger partial charge in [0.15, 0.2) is 5.96 Å². The van der Waals surface area contributed by atoms with Crippen molar-refractivity contribution in [1.29, 1.82) is 0 Å². The third-order valence-corrected chi connectivity index (χ3v) is 4.39. The van der Waals surface area contributed by atoms with E-state index in [2.05, 4.69) is 41.4 Å². The molecule has 0 unspecified atom stereocenters. The van der Waals surface area contributed by atoms with Crippen molar-refractivity contribution in [1.82, 2.24) is 15.5 Å². The second-order valence-electron chi connectivity index (χ2n) is 6.54. The molecule has 1 fully saturated rings. The van der Waals surface area contributed by atoms with Crippen LogP contribution < -0.4 is 10.6 Å². The molecule has 144 valence electrons. The number of halogens is 1. The zero-order valence-corrected chi connectivity index (χ0v) is 18.3. The van der Waals surface area contributed by atoms with Crippen LogP contribution in [0.5, 0.6) is 0 Å². The third-order valence-electron chi connectivity index (χ3n) is 4.39. The van der Waals surface area contributed by atoms with Crippen LogP contribution in [0.15, 0.2) is 4.99 Å². The first-order valence-electron chi connectivity index (χ1n) is 9.54. The average Bonchev–Trinajstić information content (AvgIpc) is 2.56. The van der Waals surface area contributed by atoms with Crippen LogP contribution in [0.2, 0.25) is 0 Å². The van der Waals surface area contributed by atoms with Gasteiger partial charge in [0.05, 0.1) is 0 Å². The maximum absolute atomic E-state index is 5.57. The second-order valence-corrected chi connectivity index (χ2v) is 6.54. The summed E-state index contributed by atoms with van der Waals surface area (Å²) in [5.74, 6) is 1.82. The first kappa shape index (κ1) is 23.9. The minimum Gasteiger partial charge on any atom is -0.381 e. The molecule has 1 rings (SSSR count). The number of aliphatic imine (C=N–C) groups is 1. The van der Waals surface area contributed by atoms with E-state index in [4.69, 9.17) is 4.74 Å². The molecule has 0 aromatic heterocycles. The van der Waals surface area contributed by atoms with Gasteiger partial charge in [-0.25, -0.2) is 0 Å². The molecule has 0 aromatic carbocycles. The number of likely N-dealkylation sites (tertiary alicyclic amines) is 1. The topological polar surface area (TPSA) is 48.9 Å². The lowest BCUT2D eigenvalue weighted by Gasteiger charge is -2.29. The Kier molecular flexibility index (Phi) is 16.3. The van der Waals surface area contributed by atoms with Crippen LogP contribution in [0.4, 0.5) is 0 Å². The Labute approximate surface area is 166 Å². The highest BCUT2D eigenvalue weighted by molar-refractivity contribution is 14.0. The van der Waals surface area contributed by atoms with Gasteiger partial charge < -0.3 is 20.3 Å². The molecule has 6 heteroatoms.